The predicted molar refractivity (Wildman–Crippen MR) is 88.4 cm³/mol. The molecule has 0 aromatic heterocycles. The Labute approximate surface area is 128 Å². The molecule has 0 spiro atoms. The largest absolute Gasteiger partial charge is 0.207 e. The SMILES string of the molecule is Cc1cc(CC(C)(C)c2ccccc2F)ccc1C(C)C. The minimum Gasteiger partial charge on any atom is -0.207 e. The number of rotatable bonds is 4. The number of halogens is 1. The van der Waals surface area contributed by atoms with Crippen molar-refractivity contribution < 1.29 is 4.39 Å². The fourth-order valence-corrected chi connectivity index (χ4v) is 3.11. The van der Waals surface area contributed by atoms with Gasteiger partial charge in [-0.05, 0) is 53.0 Å². The van der Waals surface area contributed by atoms with E-state index in [-0.39, 0.29) is 11.2 Å². The molecule has 0 bridgehead atoms. The standard InChI is InChI=1S/C20H25F/c1-14(2)17-11-10-16(12-15(17)3)13-20(4,5)18-8-6-7-9-19(18)21/h6-12,14H,13H2,1-5H3. The van der Waals surface area contributed by atoms with Crippen LogP contribution in [0.3, 0.4) is 0 Å². The summed E-state index contributed by atoms with van der Waals surface area (Å²) < 4.78 is 14.0. The highest BCUT2D eigenvalue weighted by atomic mass is 19.1. The maximum Gasteiger partial charge on any atom is 0.126 e. The highest BCUT2D eigenvalue weighted by Crippen LogP contribution is 2.30. The molecule has 2 rings (SSSR count). The van der Waals surface area contributed by atoms with Crippen molar-refractivity contribution in [2.75, 3.05) is 0 Å². The Balaban J connectivity index is 2.29. The van der Waals surface area contributed by atoms with Crippen LogP contribution in [0.1, 0.15) is 55.9 Å². The van der Waals surface area contributed by atoms with Crippen LogP contribution in [0.15, 0.2) is 42.5 Å². The van der Waals surface area contributed by atoms with E-state index in [1.807, 2.05) is 12.1 Å². The van der Waals surface area contributed by atoms with Gasteiger partial charge in [-0.25, -0.2) is 4.39 Å². The molecule has 0 radical (unpaired) electrons. The van der Waals surface area contributed by atoms with Gasteiger partial charge in [0.05, 0.1) is 0 Å². The van der Waals surface area contributed by atoms with Gasteiger partial charge in [0.1, 0.15) is 5.82 Å². The van der Waals surface area contributed by atoms with Crippen LogP contribution in [0.2, 0.25) is 0 Å². The van der Waals surface area contributed by atoms with Crippen LogP contribution in [-0.2, 0) is 11.8 Å². The van der Waals surface area contributed by atoms with E-state index in [2.05, 4.69) is 52.8 Å². The molecule has 0 saturated heterocycles. The first kappa shape index (κ1) is 15.8. The maximum atomic E-state index is 14.0. The lowest BCUT2D eigenvalue weighted by molar-refractivity contribution is 0.480. The second-order valence-corrected chi connectivity index (χ2v) is 6.89. The Morgan fingerprint density at radius 3 is 2.29 bits per heavy atom. The molecule has 2 aromatic rings. The van der Waals surface area contributed by atoms with Crippen LogP contribution in [0.25, 0.3) is 0 Å². The molecule has 0 aliphatic heterocycles. The third-order valence-electron chi connectivity index (χ3n) is 4.21. The molecule has 2 aromatic carbocycles. The van der Waals surface area contributed by atoms with Gasteiger partial charge in [-0.3, -0.25) is 0 Å². The van der Waals surface area contributed by atoms with E-state index in [0.717, 1.165) is 12.0 Å². The third kappa shape index (κ3) is 3.53. The van der Waals surface area contributed by atoms with E-state index in [1.54, 1.807) is 12.1 Å². The Morgan fingerprint density at radius 1 is 1.05 bits per heavy atom. The van der Waals surface area contributed by atoms with Gasteiger partial charge in [0.15, 0.2) is 0 Å². The normalized spacial score (nSPS) is 12.0. The average Bonchev–Trinajstić information content (AvgIpc) is 2.38. The molecule has 112 valence electrons. The minimum atomic E-state index is -0.211. The summed E-state index contributed by atoms with van der Waals surface area (Å²) in [7, 11) is 0. The molecule has 0 N–H and O–H groups in total. The molecule has 1 heteroatoms. The lowest BCUT2D eigenvalue weighted by atomic mass is 9.78. The van der Waals surface area contributed by atoms with Crippen LogP contribution in [0.4, 0.5) is 4.39 Å². The van der Waals surface area contributed by atoms with Crippen LogP contribution in [0.5, 0.6) is 0 Å². The third-order valence-corrected chi connectivity index (χ3v) is 4.21. The number of benzene rings is 2. The van der Waals surface area contributed by atoms with E-state index in [9.17, 15) is 4.39 Å². The number of hydrogen-bond acceptors (Lipinski definition) is 0. The Kier molecular flexibility index (Phi) is 4.51. The molecule has 0 aliphatic carbocycles. The molecule has 0 saturated carbocycles. The van der Waals surface area contributed by atoms with Crippen molar-refractivity contribution in [3.05, 3.63) is 70.5 Å². The fourth-order valence-electron chi connectivity index (χ4n) is 3.11. The van der Waals surface area contributed by atoms with Gasteiger partial charge in [0, 0.05) is 0 Å². The van der Waals surface area contributed by atoms with Crippen LogP contribution in [0, 0.1) is 12.7 Å². The van der Waals surface area contributed by atoms with Gasteiger partial charge in [0.25, 0.3) is 0 Å². The van der Waals surface area contributed by atoms with E-state index >= 15 is 0 Å². The van der Waals surface area contributed by atoms with E-state index in [0.29, 0.717) is 5.92 Å². The summed E-state index contributed by atoms with van der Waals surface area (Å²) in [5, 5.41) is 0. The van der Waals surface area contributed by atoms with Crippen molar-refractivity contribution in [3.8, 4) is 0 Å². The van der Waals surface area contributed by atoms with Gasteiger partial charge in [-0.2, -0.15) is 0 Å². The van der Waals surface area contributed by atoms with Gasteiger partial charge >= 0.3 is 0 Å². The topological polar surface area (TPSA) is 0 Å². The smallest absolute Gasteiger partial charge is 0.126 e. The summed E-state index contributed by atoms with van der Waals surface area (Å²) in [5.41, 5.74) is 4.56. The molecule has 0 fully saturated rings. The zero-order valence-corrected chi connectivity index (χ0v) is 13.7. The molecule has 0 atom stereocenters. The zero-order chi connectivity index (χ0) is 15.6. The van der Waals surface area contributed by atoms with Crippen molar-refractivity contribution >= 4 is 0 Å². The van der Waals surface area contributed by atoms with E-state index in [1.165, 1.54) is 16.7 Å². The summed E-state index contributed by atoms with van der Waals surface area (Å²) in [6.07, 6.45) is 0.840. The number of aryl methyl sites for hydroxylation is 1. The first-order valence-electron chi connectivity index (χ1n) is 7.65. The Hall–Kier alpha value is -1.63. The van der Waals surface area contributed by atoms with Crippen molar-refractivity contribution in [1.29, 1.82) is 0 Å². The monoisotopic (exact) mass is 284 g/mol. The number of hydrogen-bond donors (Lipinski definition) is 0. The lowest BCUT2D eigenvalue weighted by Crippen LogP contribution is -2.22. The molecule has 0 amide bonds. The second-order valence-electron chi connectivity index (χ2n) is 6.89. The quantitative estimate of drug-likeness (QED) is 0.667. The second kappa shape index (κ2) is 6.01. The Bertz CT molecular complexity index is 623. The van der Waals surface area contributed by atoms with E-state index in [4.69, 9.17) is 0 Å². The summed E-state index contributed by atoms with van der Waals surface area (Å²) in [6.45, 7) is 10.8. The average molecular weight is 284 g/mol. The predicted octanol–water partition coefficient (Wildman–Crippen LogP) is 5.78. The summed E-state index contributed by atoms with van der Waals surface area (Å²) in [5.74, 6) is 0.427. The van der Waals surface area contributed by atoms with Gasteiger partial charge in [-0.15, -0.1) is 0 Å². The Morgan fingerprint density at radius 2 is 1.71 bits per heavy atom. The molecular formula is C20H25F. The maximum absolute atomic E-state index is 14.0. The molecule has 0 aliphatic rings. The van der Waals surface area contributed by atoms with Crippen LogP contribution < -0.4 is 0 Å². The molecule has 0 heterocycles. The first-order chi connectivity index (χ1) is 9.81. The molecule has 21 heavy (non-hydrogen) atoms. The first-order valence-corrected chi connectivity index (χ1v) is 7.65. The van der Waals surface area contributed by atoms with Crippen molar-refractivity contribution in [2.24, 2.45) is 0 Å². The highest BCUT2D eigenvalue weighted by molar-refractivity contribution is 5.35. The van der Waals surface area contributed by atoms with Gasteiger partial charge in [0.2, 0.25) is 0 Å². The van der Waals surface area contributed by atoms with Gasteiger partial charge in [-0.1, -0.05) is 64.1 Å². The van der Waals surface area contributed by atoms with Crippen molar-refractivity contribution in [3.63, 3.8) is 0 Å². The lowest BCUT2D eigenvalue weighted by Gasteiger charge is -2.26. The minimum absolute atomic E-state index is 0.113. The van der Waals surface area contributed by atoms with Crippen molar-refractivity contribution in [2.45, 2.75) is 52.4 Å². The molecule has 0 unspecified atom stereocenters. The van der Waals surface area contributed by atoms with Crippen LogP contribution >= 0.6 is 0 Å². The summed E-state index contributed by atoms with van der Waals surface area (Å²) in [6, 6.07) is 13.7. The summed E-state index contributed by atoms with van der Waals surface area (Å²) in [4.78, 5) is 0. The molecule has 0 nitrogen and oxygen atoms in total. The summed E-state index contributed by atoms with van der Waals surface area (Å²) >= 11 is 0. The van der Waals surface area contributed by atoms with Crippen LogP contribution in [-0.4, -0.2) is 0 Å². The zero-order valence-electron chi connectivity index (χ0n) is 13.7. The van der Waals surface area contributed by atoms with Crippen molar-refractivity contribution in [1.82, 2.24) is 0 Å². The highest BCUT2D eigenvalue weighted by Gasteiger charge is 2.24. The molecular weight excluding hydrogens is 259 g/mol. The van der Waals surface area contributed by atoms with Gasteiger partial charge < -0.3 is 0 Å². The van der Waals surface area contributed by atoms with E-state index < -0.39 is 0 Å². The fraction of sp³-hybridized carbons (Fsp3) is 0.400.